The number of amides is 1. The van der Waals surface area contributed by atoms with Crippen molar-refractivity contribution >= 4 is 17.4 Å². The molecule has 0 saturated heterocycles. The third-order valence-corrected chi connectivity index (χ3v) is 3.85. The summed E-state index contributed by atoms with van der Waals surface area (Å²) in [6.07, 6.45) is 2.55. The molecule has 1 fully saturated rings. The summed E-state index contributed by atoms with van der Waals surface area (Å²) in [7, 11) is 0. The first-order valence-corrected chi connectivity index (χ1v) is 6.03. The summed E-state index contributed by atoms with van der Waals surface area (Å²) >= 11 is 0. The molecule has 1 aromatic carbocycles. The molecule has 0 radical (unpaired) electrons. The number of nitrogens with one attached hydrogen (secondary N) is 1. The maximum absolute atomic E-state index is 12.3. The van der Waals surface area contributed by atoms with E-state index in [1.165, 1.54) is 0 Å². The molecule has 0 atom stereocenters. The van der Waals surface area contributed by atoms with Gasteiger partial charge >= 0.3 is 0 Å². The van der Waals surface area contributed by atoms with Crippen LogP contribution in [0.1, 0.15) is 35.2 Å². The average Bonchev–Trinajstić information content (AvgIpc) is 2.67. The molecular formula is C14H12N2O2. The molecule has 4 heteroatoms. The Morgan fingerprint density at radius 3 is 2.78 bits per heavy atom. The van der Waals surface area contributed by atoms with E-state index < -0.39 is 5.41 Å². The summed E-state index contributed by atoms with van der Waals surface area (Å²) in [5, 5.41) is 11.9. The lowest BCUT2D eigenvalue weighted by atomic mass is 9.65. The molecule has 1 N–H and O–H groups in total. The van der Waals surface area contributed by atoms with Crippen LogP contribution in [0.15, 0.2) is 18.2 Å². The molecule has 0 unspecified atom stereocenters. The first kappa shape index (κ1) is 11.0. The van der Waals surface area contributed by atoms with Crippen LogP contribution in [0.4, 0.5) is 5.69 Å². The lowest BCUT2D eigenvalue weighted by Gasteiger charge is -2.33. The minimum atomic E-state index is -0.815. The molecule has 1 aliphatic carbocycles. The molecule has 2 aliphatic rings. The quantitative estimate of drug-likeness (QED) is 0.804. The van der Waals surface area contributed by atoms with Gasteiger partial charge in [0.25, 0.3) is 0 Å². The van der Waals surface area contributed by atoms with Crippen LogP contribution in [-0.2, 0) is 11.2 Å². The number of anilines is 1. The smallest absolute Gasteiger partial charge is 0.228 e. The minimum absolute atomic E-state index is 0.0479. The van der Waals surface area contributed by atoms with Crippen molar-refractivity contribution in [1.82, 2.24) is 0 Å². The van der Waals surface area contributed by atoms with Crippen LogP contribution in [0.2, 0.25) is 0 Å². The van der Waals surface area contributed by atoms with Crippen molar-refractivity contribution in [1.29, 1.82) is 5.26 Å². The Labute approximate surface area is 105 Å². The summed E-state index contributed by atoms with van der Waals surface area (Å²) in [5.74, 6) is -0.147. The largest absolute Gasteiger partial charge is 0.326 e. The predicted octanol–water partition coefficient (Wildman–Crippen LogP) is 2.06. The van der Waals surface area contributed by atoms with Crippen molar-refractivity contribution in [3.63, 3.8) is 0 Å². The number of hydrogen-bond donors (Lipinski definition) is 1. The molecule has 1 aromatic rings. The molecule has 0 aromatic heterocycles. The average molecular weight is 240 g/mol. The van der Waals surface area contributed by atoms with Crippen LogP contribution in [0, 0.1) is 16.7 Å². The number of rotatable bonds is 2. The fourth-order valence-corrected chi connectivity index (χ4v) is 2.57. The van der Waals surface area contributed by atoms with Gasteiger partial charge in [-0.3, -0.25) is 9.59 Å². The number of hydrogen-bond acceptors (Lipinski definition) is 3. The van der Waals surface area contributed by atoms with Gasteiger partial charge in [0.05, 0.1) is 12.5 Å². The normalized spacial score (nSPS) is 19.4. The van der Waals surface area contributed by atoms with Crippen LogP contribution < -0.4 is 5.32 Å². The van der Waals surface area contributed by atoms with Gasteiger partial charge in [-0.25, -0.2) is 0 Å². The van der Waals surface area contributed by atoms with Gasteiger partial charge in [-0.2, -0.15) is 5.26 Å². The standard InChI is InChI=1S/C14H12N2O2/c15-8-14(4-1-5-14)13(18)9-2-3-11-10(6-9)7-12(17)16-11/h2-3,6H,1,4-5,7H2,(H,16,17). The monoisotopic (exact) mass is 240 g/mol. The number of carbonyl (C=O) groups is 2. The van der Waals surface area contributed by atoms with Gasteiger partial charge in [-0.05, 0) is 43.0 Å². The zero-order valence-corrected chi connectivity index (χ0v) is 9.82. The number of fused-ring (bicyclic) bond motifs is 1. The second-order valence-electron chi connectivity index (χ2n) is 4.97. The van der Waals surface area contributed by atoms with Crippen LogP contribution in [0.25, 0.3) is 0 Å². The molecule has 0 spiro atoms. The third kappa shape index (κ3) is 1.44. The van der Waals surface area contributed by atoms with Gasteiger partial charge in [-0.1, -0.05) is 0 Å². The number of nitrogens with zero attached hydrogens (tertiary/aromatic N) is 1. The second-order valence-corrected chi connectivity index (χ2v) is 4.97. The SMILES string of the molecule is N#CC1(C(=O)c2ccc3c(c2)CC(=O)N3)CCC1. The van der Waals surface area contributed by atoms with E-state index in [1.54, 1.807) is 18.2 Å². The first-order valence-electron chi connectivity index (χ1n) is 6.03. The highest BCUT2D eigenvalue weighted by atomic mass is 16.2. The summed E-state index contributed by atoms with van der Waals surface area (Å²) < 4.78 is 0. The van der Waals surface area contributed by atoms with Crippen molar-refractivity contribution in [3.05, 3.63) is 29.3 Å². The van der Waals surface area contributed by atoms with E-state index >= 15 is 0 Å². The summed E-state index contributed by atoms with van der Waals surface area (Å²) in [6, 6.07) is 7.35. The van der Waals surface area contributed by atoms with Crippen LogP contribution in [-0.4, -0.2) is 11.7 Å². The van der Waals surface area contributed by atoms with E-state index in [-0.39, 0.29) is 11.7 Å². The number of carbonyl (C=O) groups excluding carboxylic acids is 2. The minimum Gasteiger partial charge on any atom is -0.326 e. The van der Waals surface area contributed by atoms with Gasteiger partial charge < -0.3 is 5.32 Å². The highest BCUT2D eigenvalue weighted by Gasteiger charge is 2.44. The van der Waals surface area contributed by atoms with E-state index in [9.17, 15) is 9.59 Å². The Morgan fingerprint density at radius 1 is 1.39 bits per heavy atom. The lowest BCUT2D eigenvalue weighted by molar-refractivity contribution is -0.115. The topological polar surface area (TPSA) is 70.0 Å². The molecule has 1 amide bonds. The van der Waals surface area contributed by atoms with E-state index in [0.717, 1.165) is 17.7 Å². The van der Waals surface area contributed by atoms with E-state index in [4.69, 9.17) is 5.26 Å². The first-order chi connectivity index (χ1) is 8.64. The number of Topliss-reactive ketones (excluding diaryl/α,β-unsaturated/α-hetero) is 1. The zero-order valence-electron chi connectivity index (χ0n) is 9.82. The fraction of sp³-hybridized carbons (Fsp3) is 0.357. The summed E-state index contributed by atoms with van der Waals surface area (Å²) in [4.78, 5) is 23.6. The maximum Gasteiger partial charge on any atom is 0.228 e. The molecule has 90 valence electrons. The molecule has 1 saturated carbocycles. The van der Waals surface area contributed by atoms with Gasteiger partial charge in [0.1, 0.15) is 5.41 Å². The van der Waals surface area contributed by atoms with Gasteiger partial charge in [0.2, 0.25) is 5.91 Å². The van der Waals surface area contributed by atoms with Crippen molar-refractivity contribution in [2.75, 3.05) is 5.32 Å². The molecule has 18 heavy (non-hydrogen) atoms. The number of nitriles is 1. The van der Waals surface area contributed by atoms with Crippen molar-refractivity contribution < 1.29 is 9.59 Å². The second kappa shape index (κ2) is 3.67. The highest BCUT2D eigenvalue weighted by molar-refractivity contribution is 6.05. The Kier molecular flexibility index (Phi) is 2.24. The van der Waals surface area contributed by atoms with Crippen LogP contribution in [0.3, 0.4) is 0 Å². The van der Waals surface area contributed by atoms with Gasteiger partial charge in [-0.15, -0.1) is 0 Å². The van der Waals surface area contributed by atoms with E-state index in [0.29, 0.717) is 24.8 Å². The van der Waals surface area contributed by atoms with E-state index in [1.807, 2.05) is 0 Å². The summed E-state index contributed by atoms with van der Waals surface area (Å²) in [5.41, 5.74) is 1.35. The Morgan fingerprint density at radius 2 is 2.17 bits per heavy atom. The molecule has 1 aliphatic heterocycles. The van der Waals surface area contributed by atoms with Crippen molar-refractivity contribution in [3.8, 4) is 6.07 Å². The Bertz CT molecular complexity index is 594. The number of benzene rings is 1. The fourth-order valence-electron chi connectivity index (χ4n) is 2.57. The zero-order chi connectivity index (χ0) is 12.8. The number of ketones is 1. The predicted molar refractivity (Wildman–Crippen MR) is 65.0 cm³/mol. The molecule has 1 heterocycles. The van der Waals surface area contributed by atoms with Crippen molar-refractivity contribution in [2.45, 2.75) is 25.7 Å². The van der Waals surface area contributed by atoms with Gasteiger partial charge in [0, 0.05) is 11.3 Å². The molecule has 0 bridgehead atoms. The Balaban J connectivity index is 1.95. The summed E-state index contributed by atoms with van der Waals surface area (Å²) in [6.45, 7) is 0. The third-order valence-electron chi connectivity index (χ3n) is 3.85. The van der Waals surface area contributed by atoms with Crippen molar-refractivity contribution in [2.24, 2.45) is 5.41 Å². The highest BCUT2D eigenvalue weighted by Crippen LogP contribution is 2.43. The van der Waals surface area contributed by atoms with E-state index in [2.05, 4.69) is 11.4 Å². The van der Waals surface area contributed by atoms with Crippen LogP contribution >= 0.6 is 0 Å². The molecule has 3 rings (SSSR count). The molecule has 4 nitrogen and oxygen atoms in total. The molecular weight excluding hydrogens is 228 g/mol. The maximum atomic E-state index is 12.3. The van der Waals surface area contributed by atoms with Crippen LogP contribution in [0.5, 0.6) is 0 Å². The Hall–Kier alpha value is -2.15. The lowest BCUT2D eigenvalue weighted by Crippen LogP contribution is -2.36. The van der Waals surface area contributed by atoms with Gasteiger partial charge in [0.15, 0.2) is 5.78 Å².